The van der Waals surface area contributed by atoms with Crippen molar-refractivity contribution in [2.24, 2.45) is 0 Å². The Labute approximate surface area is 168 Å². The smallest absolute Gasteiger partial charge is 0.222 e. The average molecular weight is 434 g/mol. The van der Waals surface area contributed by atoms with Crippen LogP contribution >= 0.6 is 15.9 Å². The van der Waals surface area contributed by atoms with Gasteiger partial charge in [0.1, 0.15) is 19.0 Å². The molecule has 27 heavy (non-hydrogen) atoms. The summed E-state index contributed by atoms with van der Waals surface area (Å²) in [6, 6.07) is 13.5. The monoisotopic (exact) mass is 433 g/mol. The molecule has 144 valence electrons. The Bertz CT molecular complexity index is 781. The van der Waals surface area contributed by atoms with E-state index in [1.807, 2.05) is 54.3 Å². The van der Waals surface area contributed by atoms with Gasteiger partial charge in [-0.15, -0.1) is 0 Å². The van der Waals surface area contributed by atoms with Crippen molar-refractivity contribution in [2.75, 3.05) is 26.4 Å². The van der Waals surface area contributed by atoms with E-state index in [0.717, 1.165) is 27.3 Å². The molecule has 0 radical (unpaired) electrons. The molecule has 0 bridgehead atoms. The highest BCUT2D eigenvalue weighted by Crippen LogP contribution is 2.34. The van der Waals surface area contributed by atoms with E-state index in [-0.39, 0.29) is 5.91 Å². The van der Waals surface area contributed by atoms with Crippen LogP contribution in [-0.4, -0.2) is 37.2 Å². The summed E-state index contributed by atoms with van der Waals surface area (Å²) < 4.78 is 18.0. The molecule has 1 amide bonds. The summed E-state index contributed by atoms with van der Waals surface area (Å²) in [7, 11) is 0. The van der Waals surface area contributed by atoms with Gasteiger partial charge < -0.3 is 19.1 Å². The summed E-state index contributed by atoms with van der Waals surface area (Å²) in [6.45, 7) is 4.76. The van der Waals surface area contributed by atoms with Gasteiger partial charge in [-0.3, -0.25) is 4.79 Å². The van der Waals surface area contributed by atoms with E-state index >= 15 is 0 Å². The first kappa shape index (κ1) is 19.5. The highest BCUT2D eigenvalue weighted by atomic mass is 79.9. The van der Waals surface area contributed by atoms with Crippen LogP contribution in [-0.2, 0) is 11.3 Å². The zero-order chi connectivity index (χ0) is 19.1. The van der Waals surface area contributed by atoms with Crippen LogP contribution in [0, 0.1) is 0 Å². The van der Waals surface area contributed by atoms with Crippen LogP contribution in [0.3, 0.4) is 0 Å². The molecule has 0 atom stereocenters. The van der Waals surface area contributed by atoms with Crippen molar-refractivity contribution in [1.82, 2.24) is 4.90 Å². The summed E-state index contributed by atoms with van der Waals surface area (Å²) in [4.78, 5) is 14.5. The largest absolute Gasteiger partial charge is 0.492 e. The van der Waals surface area contributed by atoms with E-state index in [1.165, 1.54) is 0 Å². The van der Waals surface area contributed by atoms with E-state index in [9.17, 15) is 4.79 Å². The molecule has 0 N–H and O–H groups in total. The van der Waals surface area contributed by atoms with Crippen LogP contribution in [0.25, 0.3) is 0 Å². The van der Waals surface area contributed by atoms with E-state index in [4.69, 9.17) is 14.2 Å². The van der Waals surface area contributed by atoms with Crippen LogP contribution in [0.1, 0.15) is 25.3 Å². The number of rotatable bonds is 8. The van der Waals surface area contributed by atoms with Gasteiger partial charge >= 0.3 is 0 Å². The maximum absolute atomic E-state index is 12.6. The van der Waals surface area contributed by atoms with E-state index in [2.05, 4.69) is 15.9 Å². The molecule has 0 spiro atoms. The van der Waals surface area contributed by atoms with Crippen LogP contribution in [0.2, 0.25) is 0 Å². The molecule has 0 fully saturated rings. The number of halogens is 1. The second kappa shape index (κ2) is 9.65. The molecule has 0 unspecified atom stereocenters. The van der Waals surface area contributed by atoms with Crippen molar-refractivity contribution in [1.29, 1.82) is 0 Å². The first-order valence-corrected chi connectivity index (χ1v) is 10.0. The molecule has 2 aromatic rings. The Morgan fingerprint density at radius 2 is 1.96 bits per heavy atom. The number of nitrogens with zero attached hydrogens (tertiary/aromatic N) is 1. The molecule has 1 heterocycles. The first-order chi connectivity index (χ1) is 13.2. The van der Waals surface area contributed by atoms with Crippen molar-refractivity contribution in [2.45, 2.75) is 26.3 Å². The Kier molecular flexibility index (Phi) is 6.98. The number of para-hydroxylation sites is 2. The van der Waals surface area contributed by atoms with Gasteiger partial charge in [-0.2, -0.15) is 0 Å². The Hall–Kier alpha value is -2.21. The predicted molar refractivity (Wildman–Crippen MR) is 107 cm³/mol. The minimum absolute atomic E-state index is 0.113. The molecule has 0 saturated heterocycles. The molecule has 0 aliphatic carbocycles. The van der Waals surface area contributed by atoms with Crippen molar-refractivity contribution in [3.05, 3.63) is 52.5 Å². The number of hydrogen-bond acceptors (Lipinski definition) is 4. The number of benzene rings is 2. The quantitative estimate of drug-likeness (QED) is 0.577. The number of amides is 1. The Morgan fingerprint density at radius 3 is 2.78 bits per heavy atom. The lowest BCUT2D eigenvalue weighted by molar-refractivity contribution is -0.131. The van der Waals surface area contributed by atoms with Gasteiger partial charge in [-0.25, -0.2) is 0 Å². The van der Waals surface area contributed by atoms with Gasteiger partial charge in [0, 0.05) is 25.1 Å². The van der Waals surface area contributed by atoms with Crippen molar-refractivity contribution in [3.8, 4) is 17.2 Å². The Balaban J connectivity index is 1.52. The topological polar surface area (TPSA) is 48.0 Å². The SMILES string of the molecule is CCN(Cc1cccc2c1OCCO2)C(=O)CCCOc1ccccc1Br. The molecule has 1 aliphatic rings. The molecule has 1 aliphatic heterocycles. The lowest BCUT2D eigenvalue weighted by Gasteiger charge is -2.25. The second-order valence-electron chi connectivity index (χ2n) is 6.23. The third-order valence-electron chi connectivity index (χ3n) is 4.37. The molecule has 5 nitrogen and oxygen atoms in total. The van der Waals surface area contributed by atoms with Crippen molar-refractivity contribution >= 4 is 21.8 Å². The van der Waals surface area contributed by atoms with Crippen LogP contribution in [0.4, 0.5) is 0 Å². The highest BCUT2D eigenvalue weighted by molar-refractivity contribution is 9.10. The van der Waals surface area contributed by atoms with Crippen LogP contribution in [0.5, 0.6) is 17.2 Å². The minimum atomic E-state index is 0.113. The van der Waals surface area contributed by atoms with E-state index < -0.39 is 0 Å². The molecular formula is C21H24BrNO4. The summed E-state index contributed by atoms with van der Waals surface area (Å²) in [6.07, 6.45) is 1.12. The predicted octanol–water partition coefficient (Wildman–Crippen LogP) is 4.43. The molecule has 3 rings (SSSR count). The lowest BCUT2D eigenvalue weighted by atomic mass is 10.1. The zero-order valence-corrected chi connectivity index (χ0v) is 17.0. The van der Waals surface area contributed by atoms with Gasteiger partial charge in [0.25, 0.3) is 0 Å². The molecule has 0 aromatic heterocycles. The average Bonchev–Trinajstić information content (AvgIpc) is 2.70. The number of fused-ring (bicyclic) bond motifs is 1. The number of carbonyl (C=O) groups excluding carboxylic acids is 1. The maximum atomic E-state index is 12.6. The lowest BCUT2D eigenvalue weighted by Crippen LogP contribution is -2.31. The van der Waals surface area contributed by atoms with Crippen LogP contribution < -0.4 is 14.2 Å². The molecular weight excluding hydrogens is 410 g/mol. The number of hydrogen-bond donors (Lipinski definition) is 0. The standard InChI is InChI=1S/C21H24BrNO4/c1-2-23(15-16-7-5-10-19-21(16)27-14-13-26-19)20(24)11-6-12-25-18-9-4-3-8-17(18)22/h3-5,7-10H,2,6,11-15H2,1H3. The van der Waals surface area contributed by atoms with Gasteiger partial charge in [0.15, 0.2) is 11.5 Å². The van der Waals surface area contributed by atoms with Gasteiger partial charge in [0.2, 0.25) is 5.91 Å². The van der Waals surface area contributed by atoms with Crippen molar-refractivity contribution in [3.63, 3.8) is 0 Å². The fourth-order valence-corrected chi connectivity index (χ4v) is 3.37. The third kappa shape index (κ3) is 5.16. The summed E-state index contributed by atoms with van der Waals surface area (Å²) in [5, 5.41) is 0. The van der Waals surface area contributed by atoms with E-state index in [1.54, 1.807) is 0 Å². The summed E-state index contributed by atoms with van der Waals surface area (Å²) in [5.41, 5.74) is 0.979. The van der Waals surface area contributed by atoms with E-state index in [0.29, 0.717) is 45.8 Å². The summed E-state index contributed by atoms with van der Waals surface area (Å²) >= 11 is 3.46. The normalized spacial score (nSPS) is 12.5. The first-order valence-electron chi connectivity index (χ1n) is 9.21. The maximum Gasteiger partial charge on any atom is 0.222 e. The highest BCUT2D eigenvalue weighted by Gasteiger charge is 2.19. The van der Waals surface area contributed by atoms with Gasteiger partial charge in [-0.05, 0) is 47.5 Å². The number of ether oxygens (including phenoxy) is 3. The van der Waals surface area contributed by atoms with Crippen molar-refractivity contribution < 1.29 is 19.0 Å². The van der Waals surface area contributed by atoms with Gasteiger partial charge in [-0.1, -0.05) is 24.3 Å². The molecule has 6 heteroatoms. The fraction of sp³-hybridized carbons (Fsp3) is 0.381. The van der Waals surface area contributed by atoms with Gasteiger partial charge in [0.05, 0.1) is 11.1 Å². The fourth-order valence-electron chi connectivity index (χ4n) is 2.97. The summed E-state index contributed by atoms with van der Waals surface area (Å²) in [5.74, 6) is 2.42. The minimum Gasteiger partial charge on any atom is -0.492 e. The third-order valence-corrected chi connectivity index (χ3v) is 5.03. The molecule has 0 saturated carbocycles. The zero-order valence-electron chi connectivity index (χ0n) is 15.4. The Morgan fingerprint density at radius 1 is 1.15 bits per heavy atom. The second-order valence-corrected chi connectivity index (χ2v) is 7.09. The number of carbonyl (C=O) groups is 1. The molecule has 2 aromatic carbocycles. The van der Waals surface area contributed by atoms with Crippen LogP contribution in [0.15, 0.2) is 46.9 Å².